The number of methoxy groups -OCH3 is 1. The molecule has 0 N–H and O–H groups in total. The number of carbonyl (C=O) groups is 1. The van der Waals surface area contributed by atoms with Crippen molar-refractivity contribution in [3.8, 4) is 0 Å². The zero-order chi connectivity index (χ0) is 13.8. The molecule has 2 rings (SSSR count). The second kappa shape index (κ2) is 6.45. The van der Waals surface area contributed by atoms with Gasteiger partial charge in [-0.25, -0.2) is 4.98 Å². The second-order valence-electron chi connectivity index (χ2n) is 4.68. The molecule has 0 spiro atoms. The molecule has 19 heavy (non-hydrogen) atoms. The predicted octanol–water partition coefficient (Wildman–Crippen LogP) is 1.38. The standard InChI is InChI=1S/C13H21N3O2S/c1-4-15-5-7-16(8-6-15)13(17)12-10(2)14-11(19-12)9-18-3/h4-9H2,1-3H3. The van der Waals surface area contributed by atoms with Crippen LogP contribution in [0.25, 0.3) is 0 Å². The van der Waals surface area contributed by atoms with Gasteiger partial charge in [-0.3, -0.25) is 4.79 Å². The molecule has 1 aliphatic heterocycles. The van der Waals surface area contributed by atoms with Crippen molar-refractivity contribution in [3.63, 3.8) is 0 Å². The van der Waals surface area contributed by atoms with Crippen molar-refractivity contribution >= 4 is 17.2 Å². The van der Waals surface area contributed by atoms with Crippen molar-refractivity contribution in [1.82, 2.24) is 14.8 Å². The van der Waals surface area contributed by atoms with E-state index < -0.39 is 0 Å². The normalized spacial score (nSPS) is 16.9. The van der Waals surface area contributed by atoms with Crippen molar-refractivity contribution in [2.75, 3.05) is 39.8 Å². The van der Waals surface area contributed by atoms with Gasteiger partial charge in [-0.05, 0) is 13.5 Å². The molecule has 1 aliphatic rings. The zero-order valence-corrected chi connectivity index (χ0v) is 12.6. The first kappa shape index (κ1) is 14.4. The molecular weight excluding hydrogens is 262 g/mol. The third-order valence-corrected chi connectivity index (χ3v) is 4.53. The molecule has 1 fully saturated rings. The Labute approximate surface area is 118 Å². The number of amides is 1. The Morgan fingerprint density at radius 1 is 1.37 bits per heavy atom. The van der Waals surface area contributed by atoms with E-state index in [1.807, 2.05) is 11.8 Å². The average molecular weight is 283 g/mol. The molecule has 0 bridgehead atoms. The first-order chi connectivity index (χ1) is 9.15. The van der Waals surface area contributed by atoms with E-state index in [-0.39, 0.29) is 5.91 Å². The Balaban J connectivity index is 2.03. The first-order valence-electron chi connectivity index (χ1n) is 6.62. The van der Waals surface area contributed by atoms with E-state index in [1.165, 1.54) is 11.3 Å². The number of nitrogens with zero attached hydrogens (tertiary/aromatic N) is 3. The number of aryl methyl sites for hydroxylation is 1. The molecule has 0 atom stereocenters. The van der Waals surface area contributed by atoms with Crippen LogP contribution in [0.3, 0.4) is 0 Å². The van der Waals surface area contributed by atoms with Crippen LogP contribution >= 0.6 is 11.3 Å². The Bertz CT molecular complexity index is 439. The predicted molar refractivity (Wildman–Crippen MR) is 75.6 cm³/mol. The average Bonchev–Trinajstić information content (AvgIpc) is 2.79. The summed E-state index contributed by atoms with van der Waals surface area (Å²) in [5.74, 6) is 0.119. The van der Waals surface area contributed by atoms with Crippen molar-refractivity contribution < 1.29 is 9.53 Å². The lowest BCUT2D eigenvalue weighted by atomic mass is 10.2. The van der Waals surface area contributed by atoms with Crippen LogP contribution in [0.4, 0.5) is 0 Å². The van der Waals surface area contributed by atoms with Gasteiger partial charge in [0.2, 0.25) is 0 Å². The monoisotopic (exact) mass is 283 g/mol. The van der Waals surface area contributed by atoms with Crippen molar-refractivity contribution in [2.24, 2.45) is 0 Å². The SMILES string of the molecule is CCN1CCN(C(=O)c2sc(COC)nc2C)CC1. The number of hydrogen-bond acceptors (Lipinski definition) is 5. The number of ether oxygens (including phenoxy) is 1. The minimum Gasteiger partial charge on any atom is -0.378 e. The molecule has 5 nitrogen and oxygen atoms in total. The maximum atomic E-state index is 12.5. The van der Waals surface area contributed by atoms with Crippen molar-refractivity contribution in [2.45, 2.75) is 20.5 Å². The number of likely N-dealkylation sites (N-methyl/N-ethyl adjacent to an activating group) is 1. The lowest BCUT2D eigenvalue weighted by Gasteiger charge is -2.33. The highest BCUT2D eigenvalue weighted by atomic mass is 32.1. The third-order valence-electron chi connectivity index (χ3n) is 3.41. The first-order valence-corrected chi connectivity index (χ1v) is 7.44. The van der Waals surface area contributed by atoms with E-state index in [0.29, 0.717) is 6.61 Å². The lowest BCUT2D eigenvalue weighted by Crippen LogP contribution is -2.48. The fourth-order valence-corrected chi connectivity index (χ4v) is 3.25. The fraction of sp³-hybridized carbons (Fsp3) is 0.692. The van der Waals surface area contributed by atoms with Gasteiger partial charge >= 0.3 is 0 Å². The van der Waals surface area contributed by atoms with Gasteiger partial charge in [0.25, 0.3) is 5.91 Å². The van der Waals surface area contributed by atoms with Gasteiger partial charge in [0.15, 0.2) is 0 Å². The molecule has 0 saturated carbocycles. The van der Waals surface area contributed by atoms with Crippen LogP contribution in [0, 0.1) is 6.92 Å². The highest BCUT2D eigenvalue weighted by Gasteiger charge is 2.24. The van der Waals surface area contributed by atoms with Gasteiger partial charge in [0.05, 0.1) is 12.3 Å². The molecular formula is C13H21N3O2S. The molecule has 1 aromatic rings. The third kappa shape index (κ3) is 3.32. The minimum atomic E-state index is 0.119. The second-order valence-corrected chi connectivity index (χ2v) is 5.77. The zero-order valence-electron chi connectivity index (χ0n) is 11.8. The fourth-order valence-electron chi connectivity index (χ4n) is 2.25. The molecule has 1 aromatic heterocycles. The Morgan fingerprint density at radius 3 is 2.63 bits per heavy atom. The quantitative estimate of drug-likeness (QED) is 0.837. The topological polar surface area (TPSA) is 45.7 Å². The van der Waals surface area contributed by atoms with Crippen LogP contribution in [0.15, 0.2) is 0 Å². The van der Waals surface area contributed by atoms with Crippen LogP contribution in [0.1, 0.15) is 27.3 Å². The summed E-state index contributed by atoms with van der Waals surface area (Å²) < 4.78 is 5.07. The number of piperazine rings is 1. The van der Waals surface area contributed by atoms with Gasteiger partial charge in [0.1, 0.15) is 9.88 Å². The van der Waals surface area contributed by atoms with E-state index >= 15 is 0 Å². The van der Waals surface area contributed by atoms with Crippen LogP contribution < -0.4 is 0 Å². The van der Waals surface area contributed by atoms with Gasteiger partial charge in [-0.1, -0.05) is 6.92 Å². The minimum absolute atomic E-state index is 0.119. The van der Waals surface area contributed by atoms with Gasteiger partial charge < -0.3 is 14.5 Å². The maximum absolute atomic E-state index is 12.5. The maximum Gasteiger partial charge on any atom is 0.265 e. The van der Waals surface area contributed by atoms with Crippen LogP contribution in [0.5, 0.6) is 0 Å². The van der Waals surface area contributed by atoms with Gasteiger partial charge in [0, 0.05) is 33.3 Å². The number of rotatable bonds is 4. The highest BCUT2D eigenvalue weighted by Crippen LogP contribution is 2.21. The molecule has 106 valence electrons. The van der Waals surface area contributed by atoms with E-state index in [4.69, 9.17) is 4.74 Å². The van der Waals surface area contributed by atoms with Crippen molar-refractivity contribution in [1.29, 1.82) is 0 Å². The summed E-state index contributed by atoms with van der Waals surface area (Å²) in [5.41, 5.74) is 0.819. The molecule has 1 saturated heterocycles. The Morgan fingerprint density at radius 2 is 2.05 bits per heavy atom. The van der Waals surface area contributed by atoms with Crippen LogP contribution in [-0.4, -0.2) is 60.5 Å². The summed E-state index contributed by atoms with van der Waals surface area (Å²) in [5, 5.41) is 0.871. The Hall–Kier alpha value is -0.980. The lowest BCUT2D eigenvalue weighted by molar-refractivity contribution is 0.0647. The number of thiazole rings is 1. The summed E-state index contributed by atoms with van der Waals surface area (Å²) in [6, 6.07) is 0. The largest absolute Gasteiger partial charge is 0.378 e. The van der Waals surface area contributed by atoms with Crippen molar-refractivity contribution in [3.05, 3.63) is 15.6 Å². The summed E-state index contributed by atoms with van der Waals surface area (Å²) in [6.45, 7) is 9.12. The molecule has 2 heterocycles. The molecule has 0 unspecified atom stereocenters. The van der Waals surface area contributed by atoms with Crippen LogP contribution in [0.2, 0.25) is 0 Å². The van der Waals surface area contributed by atoms with E-state index in [1.54, 1.807) is 7.11 Å². The molecule has 6 heteroatoms. The summed E-state index contributed by atoms with van der Waals surface area (Å²) in [6.07, 6.45) is 0. The number of carbonyl (C=O) groups excluding carboxylic acids is 1. The van der Waals surface area contributed by atoms with Crippen LogP contribution in [-0.2, 0) is 11.3 Å². The van der Waals surface area contributed by atoms with Gasteiger partial charge in [-0.2, -0.15) is 0 Å². The molecule has 1 amide bonds. The summed E-state index contributed by atoms with van der Waals surface area (Å²) in [4.78, 5) is 21.9. The smallest absolute Gasteiger partial charge is 0.265 e. The molecule has 0 aliphatic carbocycles. The highest BCUT2D eigenvalue weighted by molar-refractivity contribution is 7.13. The van der Waals surface area contributed by atoms with E-state index in [2.05, 4.69) is 16.8 Å². The van der Waals surface area contributed by atoms with E-state index in [0.717, 1.165) is 48.3 Å². The summed E-state index contributed by atoms with van der Waals surface area (Å²) in [7, 11) is 1.64. The Kier molecular flexibility index (Phi) is 4.90. The van der Waals surface area contributed by atoms with Gasteiger partial charge in [-0.15, -0.1) is 11.3 Å². The number of hydrogen-bond donors (Lipinski definition) is 0. The molecule has 0 radical (unpaired) electrons. The van der Waals surface area contributed by atoms with E-state index in [9.17, 15) is 4.79 Å². The summed E-state index contributed by atoms with van der Waals surface area (Å²) >= 11 is 1.45. The number of aromatic nitrogens is 1. The molecule has 0 aromatic carbocycles.